The Morgan fingerprint density at radius 2 is 1.96 bits per heavy atom. The van der Waals surface area contributed by atoms with Gasteiger partial charge >= 0.3 is 0 Å². The molecule has 0 aliphatic carbocycles. The molecule has 0 spiro atoms. The van der Waals surface area contributed by atoms with Crippen LogP contribution in [-0.2, 0) is 9.59 Å². The fraction of sp³-hybridized carbons (Fsp3) is 0.368. The van der Waals surface area contributed by atoms with Crippen LogP contribution in [0.3, 0.4) is 0 Å². The minimum Gasteiger partial charge on any atom is -0.490 e. The van der Waals surface area contributed by atoms with Crippen molar-refractivity contribution in [3.63, 3.8) is 0 Å². The fourth-order valence-electron chi connectivity index (χ4n) is 1.99. The van der Waals surface area contributed by atoms with Crippen LogP contribution >= 0.6 is 0 Å². The van der Waals surface area contributed by atoms with Crippen molar-refractivity contribution >= 4 is 17.9 Å². The second kappa shape index (κ2) is 10.3. The number of rotatable bonds is 9. The van der Waals surface area contributed by atoms with Crippen molar-refractivity contribution in [2.24, 2.45) is 0 Å². The smallest absolute Gasteiger partial charge is 0.247 e. The summed E-state index contributed by atoms with van der Waals surface area (Å²) in [6, 6.07) is 7.46. The highest BCUT2D eigenvalue weighted by molar-refractivity contribution is 5.94. The molecule has 24 heavy (non-hydrogen) atoms. The van der Waals surface area contributed by atoms with Crippen molar-refractivity contribution in [2.75, 3.05) is 19.7 Å². The third-order valence-corrected chi connectivity index (χ3v) is 3.14. The minimum atomic E-state index is -0.191. The average Bonchev–Trinajstić information content (AvgIpc) is 2.56. The lowest BCUT2D eigenvalue weighted by atomic mass is 10.2. The van der Waals surface area contributed by atoms with Gasteiger partial charge in [0, 0.05) is 18.7 Å². The molecule has 0 fully saturated rings. The van der Waals surface area contributed by atoms with Crippen molar-refractivity contribution in [2.45, 2.75) is 26.8 Å². The first kappa shape index (κ1) is 19.5. The van der Waals surface area contributed by atoms with E-state index < -0.39 is 0 Å². The molecule has 0 heterocycles. The van der Waals surface area contributed by atoms with Crippen LogP contribution in [-0.4, -0.2) is 42.5 Å². The molecule has 0 bridgehead atoms. The van der Waals surface area contributed by atoms with Gasteiger partial charge in [0.05, 0.1) is 6.54 Å². The molecule has 5 nitrogen and oxygen atoms in total. The minimum absolute atomic E-state index is 0.0590. The van der Waals surface area contributed by atoms with Gasteiger partial charge in [0.1, 0.15) is 12.4 Å². The number of hydrogen-bond donors (Lipinski definition) is 1. The van der Waals surface area contributed by atoms with Crippen LogP contribution in [0.15, 0.2) is 43.0 Å². The second-order valence-electron chi connectivity index (χ2n) is 5.58. The highest BCUT2D eigenvalue weighted by Crippen LogP contribution is 2.13. The predicted octanol–water partition coefficient (Wildman–Crippen LogP) is 2.64. The van der Waals surface area contributed by atoms with E-state index in [1.165, 1.54) is 11.0 Å². The largest absolute Gasteiger partial charge is 0.490 e. The molecule has 130 valence electrons. The zero-order valence-electron chi connectivity index (χ0n) is 14.6. The molecule has 2 amide bonds. The number of amides is 2. The molecule has 0 unspecified atom stereocenters. The van der Waals surface area contributed by atoms with Crippen LogP contribution in [0.2, 0.25) is 0 Å². The number of nitrogens with one attached hydrogen (secondary N) is 1. The molecule has 1 N–H and O–H groups in total. The van der Waals surface area contributed by atoms with Gasteiger partial charge in [-0.25, -0.2) is 0 Å². The highest BCUT2D eigenvalue weighted by Gasteiger charge is 2.13. The summed E-state index contributed by atoms with van der Waals surface area (Å²) in [4.78, 5) is 25.5. The second-order valence-corrected chi connectivity index (χ2v) is 5.58. The van der Waals surface area contributed by atoms with E-state index in [1.54, 1.807) is 12.2 Å². The zero-order valence-corrected chi connectivity index (χ0v) is 14.6. The maximum Gasteiger partial charge on any atom is 0.247 e. The van der Waals surface area contributed by atoms with Crippen LogP contribution in [0.5, 0.6) is 5.75 Å². The number of carbonyl (C=O) groups is 2. The van der Waals surface area contributed by atoms with E-state index in [0.717, 1.165) is 11.3 Å². The molecule has 5 heteroatoms. The van der Waals surface area contributed by atoms with Crippen LogP contribution in [0.4, 0.5) is 0 Å². The summed E-state index contributed by atoms with van der Waals surface area (Å²) in [6.45, 7) is 10.2. The van der Waals surface area contributed by atoms with Gasteiger partial charge in [0.25, 0.3) is 0 Å². The Morgan fingerprint density at radius 3 is 2.50 bits per heavy atom. The molecule has 0 radical (unpaired) electrons. The summed E-state index contributed by atoms with van der Waals surface area (Å²) >= 11 is 0. The van der Waals surface area contributed by atoms with Crippen molar-refractivity contribution in [1.82, 2.24) is 10.2 Å². The van der Waals surface area contributed by atoms with Gasteiger partial charge < -0.3 is 15.0 Å². The van der Waals surface area contributed by atoms with Crippen LogP contribution in [0.1, 0.15) is 26.3 Å². The Hall–Kier alpha value is -2.56. The van der Waals surface area contributed by atoms with Gasteiger partial charge in [0.2, 0.25) is 11.8 Å². The van der Waals surface area contributed by atoms with Gasteiger partial charge in [-0.05, 0) is 44.5 Å². The van der Waals surface area contributed by atoms with Crippen LogP contribution in [0.25, 0.3) is 6.08 Å². The molecule has 0 saturated carbocycles. The average molecular weight is 330 g/mol. The molecule has 0 saturated heterocycles. The Kier molecular flexibility index (Phi) is 8.33. The first-order valence-corrected chi connectivity index (χ1v) is 8.06. The van der Waals surface area contributed by atoms with Crippen molar-refractivity contribution in [3.05, 3.63) is 48.6 Å². The molecule has 0 atom stereocenters. The van der Waals surface area contributed by atoms with Gasteiger partial charge in [-0.3, -0.25) is 9.59 Å². The number of benzene rings is 1. The number of likely N-dealkylation sites (N-methyl/N-ethyl adjacent to an activating group) is 1. The first-order valence-electron chi connectivity index (χ1n) is 8.06. The molecule has 1 rings (SSSR count). The Labute approximate surface area is 144 Å². The number of ether oxygens (including phenoxy) is 1. The monoisotopic (exact) mass is 330 g/mol. The summed E-state index contributed by atoms with van der Waals surface area (Å²) in [5.74, 6) is 0.402. The third-order valence-electron chi connectivity index (χ3n) is 3.14. The molecule has 0 aliphatic rings. The fourth-order valence-corrected chi connectivity index (χ4v) is 1.99. The lowest BCUT2D eigenvalue weighted by Gasteiger charge is -2.19. The zero-order chi connectivity index (χ0) is 17.9. The summed E-state index contributed by atoms with van der Waals surface area (Å²) < 4.78 is 5.40. The normalized spacial score (nSPS) is 10.7. The lowest BCUT2D eigenvalue weighted by Crippen LogP contribution is -2.42. The summed E-state index contributed by atoms with van der Waals surface area (Å²) in [7, 11) is 0. The van der Waals surface area contributed by atoms with Crippen LogP contribution in [0, 0.1) is 0 Å². The third kappa shape index (κ3) is 7.13. The maximum absolute atomic E-state index is 12.2. The van der Waals surface area contributed by atoms with E-state index in [4.69, 9.17) is 4.74 Å². The van der Waals surface area contributed by atoms with E-state index in [0.29, 0.717) is 13.2 Å². The molecule has 0 aliphatic heterocycles. The van der Waals surface area contributed by atoms with Gasteiger partial charge in [0.15, 0.2) is 0 Å². The Morgan fingerprint density at radius 1 is 1.29 bits per heavy atom. The number of carbonyl (C=O) groups excluding carboxylic acids is 2. The topological polar surface area (TPSA) is 58.6 Å². The van der Waals surface area contributed by atoms with E-state index in [9.17, 15) is 9.59 Å². The van der Waals surface area contributed by atoms with Gasteiger partial charge in [-0.2, -0.15) is 0 Å². The van der Waals surface area contributed by atoms with Crippen molar-refractivity contribution < 1.29 is 14.3 Å². The predicted molar refractivity (Wildman–Crippen MR) is 96.7 cm³/mol. The molecular weight excluding hydrogens is 304 g/mol. The van der Waals surface area contributed by atoms with Crippen molar-refractivity contribution in [1.29, 1.82) is 0 Å². The lowest BCUT2D eigenvalue weighted by molar-refractivity contribution is -0.132. The van der Waals surface area contributed by atoms with E-state index in [1.807, 2.05) is 45.0 Å². The Balaban J connectivity index is 2.61. The van der Waals surface area contributed by atoms with Gasteiger partial charge in [-0.1, -0.05) is 24.8 Å². The summed E-state index contributed by atoms with van der Waals surface area (Å²) in [6.07, 6.45) is 4.88. The van der Waals surface area contributed by atoms with Gasteiger partial charge in [-0.15, -0.1) is 0 Å². The summed E-state index contributed by atoms with van der Waals surface area (Å²) in [5.41, 5.74) is 0.886. The maximum atomic E-state index is 12.2. The molecular formula is C19H26N2O3. The molecule has 1 aromatic rings. The van der Waals surface area contributed by atoms with E-state index >= 15 is 0 Å². The first-order chi connectivity index (χ1) is 11.5. The quantitative estimate of drug-likeness (QED) is 0.559. The van der Waals surface area contributed by atoms with E-state index in [2.05, 4.69) is 11.9 Å². The standard InChI is InChI=1S/C19H26N2O3/c1-5-13-24-17-10-7-16(8-11-17)9-12-19(23)21(6-2)14-18(22)20-15(3)4/h5,7-12,15H,1,6,13-14H2,2-4H3,(H,20,22)/b12-9+. The number of nitrogens with zero attached hydrogens (tertiary/aromatic N) is 1. The number of hydrogen-bond acceptors (Lipinski definition) is 3. The van der Waals surface area contributed by atoms with E-state index in [-0.39, 0.29) is 24.4 Å². The Bertz CT molecular complexity index is 577. The SMILES string of the molecule is C=CCOc1ccc(/C=C/C(=O)N(CC)CC(=O)NC(C)C)cc1. The molecule has 0 aromatic heterocycles. The van der Waals surface area contributed by atoms with Crippen LogP contribution < -0.4 is 10.1 Å². The summed E-state index contributed by atoms with van der Waals surface area (Å²) in [5, 5.41) is 2.78. The highest BCUT2D eigenvalue weighted by atomic mass is 16.5. The molecule has 1 aromatic carbocycles. The van der Waals surface area contributed by atoms with Crippen molar-refractivity contribution in [3.8, 4) is 5.75 Å².